The summed E-state index contributed by atoms with van der Waals surface area (Å²) < 4.78 is 18.9. The van der Waals surface area contributed by atoms with E-state index in [1.807, 2.05) is 18.7 Å². The Kier molecular flexibility index (Phi) is 5.38. The van der Waals surface area contributed by atoms with E-state index in [0.29, 0.717) is 24.4 Å². The largest absolute Gasteiger partial charge is 0.392 e. The highest BCUT2D eigenvalue weighted by Crippen LogP contribution is 2.22. The van der Waals surface area contributed by atoms with Gasteiger partial charge >= 0.3 is 0 Å². The van der Waals surface area contributed by atoms with Crippen LogP contribution in [0.15, 0.2) is 18.2 Å². The number of hydrogen-bond donors (Lipinski definition) is 1. The molecule has 17 heavy (non-hydrogen) atoms. The van der Waals surface area contributed by atoms with Crippen LogP contribution < -0.4 is 4.90 Å². The van der Waals surface area contributed by atoms with Gasteiger partial charge in [0.1, 0.15) is 5.82 Å². The standard InChI is InChI=1S/C13H20FNO2/c1-10(2)15(6-7-17-3)13-5-4-11(9-16)8-12(13)14/h4-5,8,10,16H,6-7,9H2,1-3H3. The molecule has 0 radical (unpaired) electrons. The zero-order chi connectivity index (χ0) is 12.8. The van der Waals surface area contributed by atoms with Gasteiger partial charge in [-0.25, -0.2) is 4.39 Å². The van der Waals surface area contributed by atoms with Crippen molar-refractivity contribution in [3.63, 3.8) is 0 Å². The van der Waals surface area contributed by atoms with E-state index >= 15 is 0 Å². The molecule has 0 saturated carbocycles. The number of rotatable bonds is 6. The Bertz CT molecular complexity index is 355. The predicted octanol–water partition coefficient (Wildman–Crippen LogP) is 2.18. The van der Waals surface area contributed by atoms with Gasteiger partial charge in [0.25, 0.3) is 0 Å². The Morgan fingerprint density at radius 3 is 2.59 bits per heavy atom. The van der Waals surface area contributed by atoms with Crippen LogP contribution in [0.1, 0.15) is 19.4 Å². The minimum atomic E-state index is -0.304. The maximum atomic E-state index is 13.9. The molecule has 0 heterocycles. The fourth-order valence-electron chi connectivity index (χ4n) is 1.73. The number of ether oxygens (including phenoxy) is 1. The number of halogens is 1. The van der Waals surface area contributed by atoms with Gasteiger partial charge in [-0.2, -0.15) is 0 Å². The number of methoxy groups -OCH3 is 1. The summed E-state index contributed by atoms with van der Waals surface area (Å²) in [4.78, 5) is 1.94. The van der Waals surface area contributed by atoms with E-state index in [2.05, 4.69) is 0 Å². The second-order valence-electron chi connectivity index (χ2n) is 4.22. The van der Waals surface area contributed by atoms with Crippen LogP contribution in [-0.4, -0.2) is 31.4 Å². The quantitative estimate of drug-likeness (QED) is 0.828. The topological polar surface area (TPSA) is 32.7 Å². The van der Waals surface area contributed by atoms with Gasteiger partial charge in [-0.15, -0.1) is 0 Å². The Morgan fingerprint density at radius 2 is 2.12 bits per heavy atom. The average Bonchev–Trinajstić information content (AvgIpc) is 2.30. The lowest BCUT2D eigenvalue weighted by atomic mass is 10.1. The highest BCUT2D eigenvalue weighted by molar-refractivity contribution is 5.49. The fraction of sp³-hybridized carbons (Fsp3) is 0.538. The smallest absolute Gasteiger partial charge is 0.146 e. The summed E-state index contributed by atoms with van der Waals surface area (Å²) in [6, 6.07) is 5.01. The summed E-state index contributed by atoms with van der Waals surface area (Å²) in [5.74, 6) is -0.304. The molecule has 0 spiro atoms. The molecule has 1 N–H and O–H groups in total. The van der Waals surface area contributed by atoms with Crippen LogP contribution in [0.3, 0.4) is 0 Å². The molecule has 0 bridgehead atoms. The van der Waals surface area contributed by atoms with Crippen molar-refractivity contribution in [1.82, 2.24) is 0 Å². The SMILES string of the molecule is COCCN(c1ccc(CO)cc1F)C(C)C. The Hall–Kier alpha value is -1.13. The van der Waals surface area contributed by atoms with Gasteiger partial charge in [0.15, 0.2) is 0 Å². The molecule has 0 unspecified atom stereocenters. The van der Waals surface area contributed by atoms with Crippen molar-refractivity contribution < 1.29 is 14.2 Å². The number of nitrogens with zero attached hydrogens (tertiary/aromatic N) is 1. The van der Waals surface area contributed by atoms with Crippen LogP contribution in [0.25, 0.3) is 0 Å². The number of aliphatic hydroxyl groups excluding tert-OH is 1. The summed E-state index contributed by atoms with van der Waals surface area (Å²) in [6.07, 6.45) is 0. The molecule has 0 aliphatic rings. The maximum absolute atomic E-state index is 13.9. The third-order valence-corrected chi connectivity index (χ3v) is 2.66. The summed E-state index contributed by atoms with van der Waals surface area (Å²) in [5.41, 5.74) is 1.14. The van der Waals surface area contributed by atoms with Crippen molar-refractivity contribution in [2.24, 2.45) is 0 Å². The van der Waals surface area contributed by atoms with Gasteiger partial charge in [0.2, 0.25) is 0 Å². The predicted molar refractivity (Wildman–Crippen MR) is 66.7 cm³/mol. The van der Waals surface area contributed by atoms with Gasteiger partial charge in [0, 0.05) is 19.7 Å². The van der Waals surface area contributed by atoms with Crippen molar-refractivity contribution in [1.29, 1.82) is 0 Å². The molecule has 0 atom stereocenters. The first-order valence-corrected chi connectivity index (χ1v) is 5.75. The van der Waals surface area contributed by atoms with Crippen molar-refractivity contribution >= 4 is 5.69 Å². The molecule has 1 aromatic carbocycles. The van der Waals surface area contributed by atoms with E-state index < -0.39 is 0 Å². The average molecular weight is 241 g/mol. The van der Waals surface area contributed by atoms with Crippen molar-refractivity contribution in [3.05, 3.63) is 29.6 Å². The lowest BCUT2D eigenvalue weighted by Crippen LogP contribution is -2.34. The highest BCUT2D eigenvalue weighted by Gasteiger charge is 2.14. The van der Waals surface area contributed by atoms with Gasteiger partial charge in [-0.3, -0.25) is 0 Å². The molecule has 1 rings (SSSR count). The van der Waals surface area contributed by atoms with Crippen molar-refractivity contribution in [2.75, 3.05) is 25.2 Å². The van der Waals surface area contributed by atoms with Crippen LogP contribution in [0.5, 0.6) is 0 Å². The van der Waals surface area contributed by atoms with Crippen molar-refractivity contribution in [3.8, 4) is 0 Å². The summed E-state index contributed by atoms with van der Waals surface area (Å²) >= 11 is 0. The second kappa shape index (κ2) is 6.57. The van der Waals surface area contributed by atoms with E-state index in [1.165, 1.54) is 6.07 Å². The monoisotopic (exact) mass is 241 g/mol. The molecule has 0 amide bonds. The molecule has 4 heteroatoms. The van der Waals surface area contributed by atoms with Crippen LogP contribution >= 0.6 is 0 Å². The lowest BCUT2D eigenvalue weighted by Gasteiger charge is -2.29. The van der Waals surface area contributed by atoms with Crippen LogP contribution in [-0.2, 0) is 11.3 Å². The molecule has 96 valence electrons. The van der Waals surface area contributed by atoms with E-state index in [1.54, 1.807) is 19.2 Å². The first kappa shape index (κ1) is 13.9. The number of aliphatic hydroxyl groups is 1. The molecule has 0 fully saturated rings. The van der Waals surface area contributed by atoms with Gasteiger partial charge in [-0.05, 0) is 31.5 Å². The van der Waals surface area contributed by atoms with Gasteiger partial charge < -0.3 is 14.7 Å². The van der Waals surface area contributed by atoms with E-state index in [9.17, 15) is 4.39 Å². The number of anilines is 1. The van der Waals surface area contributed by atoms with Crippen molar-refractivity contribution in [2.45, 2.75) is 26.5 Å². The second-order valence-corrected chi connectivity index (χ2v) is 4.22. The van der Waals surface area contributed by atoms with Crippen LogP contribution in [0.4, 0.5) is 10.1 Å². The molecule has 0 saturated heterocycles. The zero-order valence-corrected chi connectivity index (χ0v) is 10.6. The zero-order valence-electron chi connectivity index (χ0n) is 10.6. The Balaban J connectivity index is 2.93. The first-order chi connectivity index (χ1) is 8.10. The highest BCUT2D eigenvalue weighted by atomic mass is 19.1. The maximum Gasteiger partial charge on any atom is 0.146 e. The molecule has 3 nitrogen and oxygen atoms in total. The Labute approximate surface area is 102 Å². The van der Waals surface area contributed by atoms with E-state index in [4.69, 9.17) is 9.84 Å². The normalized spacial score (nSPS) is 10.9. The summed E-state index contributed by atoms with van der Waals surface area (Å²) in [7, 11) is 1.63. The van der Waals surface area contributed by atoms with E-state index in [0.717, 1.165) is 0 Å². The van der Waals surface area contributed by atoms with E-state index in [-0.39, 0.29) is 18.5 Å². The minimum Gasteiger partial charge on any atom is -0.392 e. The van der Waals surface area contributed by atoms with Gasteiger partial charge in [0.05, 0.1) is 18.9 Å². The van der Waals surface area contributed by atoms with Crippen LogP contribution in [0, 0.1) is 5.82 Å². The third-order valence-electron chi connectivity index (χ3n) is 2.66. The number of benzene rings is 1. The minimum absolute atomic E-state index is 0.142. The molecular weight excluding hydrogens is 221 g/mol. The number of hydrogen-bond acceptors (Lipinski definition) is 3. The Morgan fingerprint density at radius 1 is 1.41 bits per heavy atom. The fourth-order valence-corrected chi connectivity index (χ4v) is 1.73. The lowest BCUT2D eigenvalue weighted by molar-refractivity contribution is 0.203. The first-order valence-electron chi connectivity index (χ1n) is 5.75. The summed E-state index contributed by atoms with van der Waals surface area (Å²) in [5, 5.41) is 8.94. The molecule has 0 aliphatic heterocycles. The van der Waals surface area contributed by atoms with Crippen LogP contribution in [0.2, 0.25) is 0 Å². The van der Waals surface area contributed by atoms with Gasteiger partial charge in [-0.1, -0.05) is 6.07 Å². The molecule has 1 aromatic rings. The molecule has 0 aromatic heterocycles. The summed E-state index contributed by atoms with van der Waals surface area (Å²) in [6.45, 7) is 5.07. The molecule has 0 aliphatic carbocycles. The molecular formula is C13H20FNO2. The third kappa shape index (κ3) is 3.68.